The summed E-state index contributed by atoms with van der Waals surface area (Å²) in [4.78, 5) is 11.2. The fourth-order valence-corrected chi connectivity index (χ4v) is 1.73. The van der Waals surface area contributed by atoms with Gasteiger partial charge in [-0.2, -0.15) is 0 Å². The molecule has 2 rings (SSSR count). The van der Waals surface area contributed by atoms with Gasteiger partial charge in [0.2, 0.25) is 0 Å². The lowest BCUT2D eigenvalue weighted by Gasteiger charge is -2.13. The number of benzene rings is 2. The van der Waals surface area contributed by atoms with Gasteiger partial charge < -0.3 is 20.9 Å². The Balaban J connectivity index is 2.40. The number of para-hydroxylation sites is 1. The van der Waals surface area contributed by atoms with E-state index in [0.29, 0.717) is 22.8 Å². The van der Waals surface area contributed by atoms with E-state index in [-0.39, 0.29) is 5.56 Å². The Hall–Kier alpha value is -2.69. The van der Waals surface area contributed by atoms with Gasteiger partial charge in [0.25, 0.3) is 0 Å². The second-order valence-electron chi connectivity index (χ2n) is 3.93. The van der Waals surface area contributed by atoms with Gasteiger partial charge in [0, 0.05) is 11.8 Å². The fraction of sp³-hybridized carbons (Fsp3) is 0.0714. The maximum atomic E-state index is 11.2. The topological polar surface area (TPSA) is 84.6 Å². The number of carboxylic acid groups (broad SMARTS) is 1. The minimum absolute atomic E-state index is 0.128. The van der Waals surface area contributed by atoms with Gasteiger partial charge in [0.1, 0.15) is 5.75 Å². The van der Waals surface area contributed by atoms with Crippen molar-refractivity contribution in [3.63, 3.8) is 0 Å². The van der Waals surface area contributed by atoms with Crippen molar-refractivity contribution in [3.8, 4) is 5.75 Å². The fourth-order valence-electron chi connectivity index (χ4n) is 1.73. The molecule has 0 unspecified atom stereocenters. The van der Waals surface area contributed by atoms with Gasteiger partial charge >= 0.3 is 5.97 Å². The lowest BCUT2D eigenvalue weighted by Crippen LogP contribution is -2.05. The molecule has 0 bridgehead atoms. The molecule has 0 atom stereocenters. The van der Waals surface area contributed by atoms with E-state index in [1.54, 1.807) is 43.5 Å². The lowest BCUT2D eigenvalue weighted by molar-refractivity contribution is 0.0698. The standard InChI is InChI=1S/C14H14N2O3/c1-19-10-5-2-4-9(8-10)16-13-11(14(17)18)6-3-7-12(13)15/h2-8,16H,15H2,1H3,(H,17,18). The first-order chi connectivity index (χ1) is 9.11. The molecule has 0 spiro atoms. The van der Waals surface area contributed by atoms with E-state index >= 15 is 0 Å². The number of hydrogen-bond acceptors (Lipinski definition) is 4. The maximum Gasteiger partial charge on any atom is 0.337 e. The zero-order chi connectivity index (χ0) is 13.8. The van der Waals surface area contributed by atoms with Crippen LogP contribution in [0.2, 0.25) is 0 Å². The van der Waals surface area contributed by atoms with Crippen LogP contribution in [0.5, 0.6) is 5.75 Å². The van der Waals surface area contributed by atoms with Crippen LogP contribution in [-0.4, -0.2) is 18.2 Å². The summed E-state index contributed by atoms with van der Waals surface area (Å²) < 4.78 is 5.11. The Bertz CT molecular complexity index is 611. The third-order valence-electron chi connectivity index (χ3n) is 2.67. The largest absolute Gasteiger partial charge is 0.497 e. The van der Waals surface area contributed by atoms with Gasteiger partial charge in [-0.1, -0.05) is 12.1 Å². The maximum absolute atomic E-state index is 11.2. The predicted molar refractivity (Wildman–Crippen MR) is 74.1 cm³/mol. The van der Waals surface area contributed by atoms with Crippen LogP contribution < -0.4 is 15.8 Å². The van der Waals surface area contributed by atoms with E-state index in [2.05, 4.69) is 5.32 Å². The van der Waals surface area contributed by atoms with Gasteiger partial charge in [-0.05, 0) is 24.3 Å². The Morgan fingerprint density at radius 1 is 1.26 bits per heavy atom. The molecule has 0 aliphatic rings. The van der Waals surface area contributed by atoms with Crippen LogP contribution in [0.15, 0.2) is 42.5 Å². The molecule has 0 saturated carbocycles. The van der Waals surface area contributed by atoms with Gasteiger partial charge in [-0.15, -0.1) is 0 Å². The summed E-state index contributed by atoms with van der Waals surface area (Å²) in [5, 5.41) is 12.2. The molecule has 5 nitrogen and oxygen atoms in total. The highest BCUT2D eigenvalue weighted by Gasteiger charge is 2.12. The second-order valence-corrected chi connectivity index (χ2v) is 3.93. The van der Waals surface area contributed by atoms with Crippen molar-refractivity contribution in [2.24, 2.45) is 0 Å². The number of rotatable bonds is 4. The number of ether oxygens (including phenoxy) is 1. The van der Waals surface area contributed by atoms with Crippen molar-refractivity contribution in [1.29, 1.82) is 0 Å². The van der Waals surface area contributed by atoms with Gasteiger partial charge in [0.15, 0.2) is 0 Å². The molecule has 0 aliphatic carbocycles. The van der Waals surface area contributed by atoms with Crippen LogP contribution in [0.1, 0.15) is 10.4 Å². The van der Waals surface area contributed by atoms with E-state index in [1.165, 1.54) is 6.07 Å². The van der Waals surface area contributed by atoms with Gasteiger partial charge in [-0.25, -0.2) is 4.79 Å². The Labute approximate surface area is 110 Å². The number of nitrogens with two attached hydrogens (primary N) is 1. The van der Waals surface area contributed by atoms with Crippen molar-refractivity contribution >= 4 is 23.0 Å². The summed E-state index contributed by atoms with van der Waals surface area (Å²) in [6.45, 7) is 0. The Morgan fingerprint density at radius 3 is 2.68 bits per heavy atom. The lowest BCUT2D eigenvalue weighted by atomic mass is 10.1. The zero-order valence-electron chi connectivity index (χ0n) is 10.4. The third kappa shape index (κ3) is 2.77. The summed E-state index contributed by atoms with van der Waals surface area (Å²) in [5.74, 6) is -0.353. The summed E-state index contributed by atoms with van der Waals surface area (Å²) in [5.41, 5.74) is 7.41. The second kappa shape index (κ2) is 5.30. The average Bonchev–Trinajstić information content (AvgIpc) is 2.41. The number of anilines is 3. The number of carboxylic acids is 1. The van der Waals surface area contributed by atoms with E-state index in [1.807, 2.05) is 0 Å². The summed E-state index contributed by atoms with van der Waals surface area (Å²) in [7, 11) is 1.57. The summed E-state index contributed by atoms with van der Waals surface area (Å²) in [6.07, 6.45) is 0. The van der Waals surface area contributed by atoms with Crippen molar-refractivity contribution in [2.45, 2.75) is 0 Å². The molecule has 0 fully saturated rings. The highest BCUT2D eigenvalue weighted by atomic mass is 16.5. The number of methoxy groups -OCH3 is 1. The van der Waals surface area contributed by atoms with Crippen LogP contribution in [0.4, 0.5) is 17.1 Å². The number of nitrogens with one attached hydrogen (secondary N) is 1. The summed E-state index contributed by atoms with van der Waals surface area (Å²) >= 11 is 0. The van der Waals surface area contributed by atoms with Crippen LogP contribution in [0.3, 0.4) is 0 Å². The van der Waals surface area contributed by atoms with E-state index in [4.69, 9.17) is 15.6 Å². The molecule has 19 heavy (non-hydrogen) atoms. The van der Waals surface area contributed by atoms with E-state index in [0.717, 1.165) is 0 Å². The predicted octanol–water partition coefficient (Wildman–Crippen LogP) is 2.72. The first-order valence-electron chi connectivity index (χ1n) is 5.64. The van der Waals surface area contributed by atoms with Crippen molar-refractivity contribution in [3.05, 3.63) is 48.0 Å². The molecule has 2 aromatic carbocycles. The van der Waals surface area contributed by atoms with Crippen LogP contribution >= 0.6 is 0 Å². The number of carbonyl (C=O) groups is 1. The first-order valence-corrected chi connectivity index (χ1v) is 5.64. The van der Waals surface area contributed by atoms with Gasteiger partial charge in [-0.3, -0.25) is 0 Å². The Kier molecular flexibility index (Phi) is 3.56. The molecule has 0 heterocycles. The molecule has 4 N–H and O–H groups in total. The molecular formula is C14H14N2O3. The molecule has 0 radical (unpaired) electrons. The number of nitrogen functional groups attached to an aromatic ring is 1. The van der Waals surface area contributed by atoms with Crippen LogP contribution in [-0.2, 0) is 0 Å². The minimum atomic E-state index is -1.03. The van der Waals surface area contributed by atoms with Crippen LogP contribution in [0.25, 0.3) is 0 Å². The minimum Gasteiger partial charge on any atom is -0.497 e. The summed E-state index contributed by atoms with van der Waals surface area (Å²) in [6, 6.07) is 11.9. The molecule has 0 saturated heterocycles. The van der Waals surface area contributed by atoms with Crippen molar-refractivity contribution < 1.29 is 14.6 Å². The highest BCUT2D eigenvalue weighted by molar-refractivity contribution is 5.98. The van der Waals surface area contributed by atoms with Crippen molar-refractivity contribution in [1.82, 2.24) is 0 Å². The molecule has 0 amide bonds. The molecule has 2 aromatic rings. The quantitative estimate of drug-likeness (QED) is 0.734. The van der Waals surface area contributed by atoms with Gasteiger partial charge in [0.05, 0.1) is 24.0 Å². The van der Waals surface area contributed by atoms with Crippen LogP contribution in [0, 0.1) is 0 Å². The molecule has 5 heteroatoms. The number of aromatic carboxylic acids is 1. The van der Waals surface area contributed by atoms with E-state index < -0.39 is 5.97 Å². The highest BCUT2D eigenvalue weighted by Crippen LogP contribution is 2.28. The third-order valence-corrected chi connectivity index (χ3v) is 2.67. The molecule has 0 aliphatic heterocycles. The zero-order valence-corrected chi connectivity index (χ0v) is 10.4. The Morgan fingerprint density at radius 2 is 2.00 bits per heavy atom. The molecular weight excluding hydrogens is 244 g/mol. The average molecular weight is 258 g/mol. The van der Waals surface area contributed by atoms with E-state index in [9.17, 15) is 4.79 Å². The normalized spacial score (nSPS) is 9.95. The smallest absolute Gasteiger partial charge is 0.337 e. The van der Waals surface area contributed by atoms with Crippen molar-refractivity contribution in [2.75, 3.05) is 18.2 Å². The molecule has 98 valence electrons. The monoisotopic (exact) mass is 258 g/mol. The molecule has 0 aromatic heterocycles. The number of hydrogen-bond donors (Lipinski definition) is 3. The first kappa shape index (κ1) is 12.8. The SMILES string of the molecule is COc1cccc(Nc2c(N)cccc2C(=O)O)c1.